The summed E-state index contributed by atoms with van der Waals surface area (Å²) in [5, 5.41) is 0.650. The van der Waals surface area contributed by atoms with E-state index in [0.29, 0.717) is 10.8 Å². The van der Waals surface area contributed by atoms with Crippen molar-refractivity contribution in [3.63, 3.8) is 0 Å². The van der Waals surface area contributed by atoms with E-state index in [0.717, 1.165) is 27.7 Å². The molecule has 2 rings (SSSR count). The summed E-state index contributed by atoms with van der Waals surface area (Å²) in [7, 11) is 0. The maximum absolute atomic E-state index is 11.5. The first-order chi connectivity index (χ1) is 12.2. The molecule has 0 atom stereocenters. The van der Waals surface area contributed by atoms with Gasteiger partial charge in [-0.25, -0.2) is 0 Å². The van der Waals surface area contributed by atoms with Crippen LogP contribution in [-0.2, 0) is 19.2 Å². The molecule has 0 saturated carbocycles. The maximum Gasteiger partial charge on any atom is 0.308 e. The first-order valence-electron chi connectivity index (χ1n) is 7.53. The standard InChI is InChI=1S/C18H16O8/c1-9(19)23-15-13-7-5-6-8-14(13)16(24-10(2)20)18(26-12(4)22)17(15)25-11(3)21/h5-8H,1-4H3. The van der Waals surface area contributed by atoms with Gasteiger partial charge in [-0.1, -0.05) is 24.3 Å². The van der Waals surface area contributed by atoms with E-state index >= 15 is 0 Å². The molecular formula is C18H16O8. The van der Waals surface area contributed by atoms with Crippen LogP contribution < -0.4 is 18.9 Å². The Morgan fingerprint density at radius 1 is 0.538 bits per heavy atom. The number of carbonyl (C=O) groups is 4. The summed E-state index contributed by atoms with van der Waals surface area (Å²) < 4.78 is 20.6. The quantitative estimate of drug-likeness (QED) is 0.605. The molecule has 136 valence electrons. The Morgan fingerprint density at radius 3 is 1.08 bits per heavy atom. The largest absolute Gasteiger partial charge is 0.422 e. The highest BCUT2D eigenvalue weighted by Crippen LogP contribution is 2.51. The predicted molar refractivity (Wildman–Crippen MR) is 89.2 cm³/mol. The van der Waals surface area contributed by atoms with Crippen LogP contribution in [0.3, 0.4) is 0 Å². The van der Waals surface area contributed by atoms with E-state index in [1.807, 2.05) is 0 Å². The molecule has 0 heterocycles. The highest BCUT2D eigenvalue weighted by atomic mass is 16.6. The van der Waals surface area contributed by atoms with E-state index in [1.165, 1.54) is 0 Å². The summed E-state index contributed by atoms with van der Waals surface area (Å²) in [6, 6.07) is 6.45. The fourth-order valence-electron chi connectivity index (χ4n) is 2.29. The van der Waals surface area contributed by atoms with Gasteiger partial charge in [0, 0.05) is 38.5 Å². The Labute approximate surface area is 148 Å². The maximum atomic E-state index is 11.5. The summed E-state index contributed by atoms with van der Waals surface area (Å²) >= 11 is 0. The number of carbonyl (C=O) groups excluding carboxylic acids is 4. The molecule has 0 spiro atoms. The third-order valence-electron chi connectivity index (χ3n) is 3.02. The van der Waals surface area contributed by atoms with Gasteiger partial charge in [-0.15, -0.1) is 0 Å². The Bertz CT molecular complexity index is 839. The van der Waals surface area contributed by atoms with E-state index in [2.05, 4.69) is 0 Å². The lowest BCUT2D eigenvalue weighted by Crippen LogP contribution is -2.13. The average molecular weight is 360 g/mol. The normalized spacial score (nSPS) is 10.2. The van der Waals surface area contributed by atoms with E-state index < -0.39 is 23.9 Å². The van der Waals surface area contributed by atoms with Crippen LogP contribution in [0.5, 0.6) is 23.0 Å². The van der Waals surface area contributed by atoms with Gasteiger partial charge in [0.1, 0.15) is 0 Å². The van der Waals surface area contributed by atoms with Crippen molar-refractivity contribution in [2.24, 2.45) is 0 Å². The Hall–Kier alpha value is -3.42. The van der Waals surface area contributed by atoms with Gasteiger partial charge in [-0.05, 0) is 0 Å². The van der Waals surface area contributed by atoms with Crippen molar-refractivity contribution < 1.29 is 38.1 Å². The lowest BCUT2D eigenvalue weighted by molar-refractivity contribution is -0.136. The zero-order valence-electron chi connectivity index (χ0n) is 14.6. The van der Waals surface area contributed by atoms with Gasteiger partial charge < -0.3 is 18.9 Å². The summed E-state index contributed by atoms with van der Waals surface area (Å²) in [5.41, 5.74) is 0. The predicted octanol–water partition coefficient (Wildman–Crippen LogP) is 2.54. The minimum absolute atomic E-state index is 0.129. The zero-order valence-corrected chi connectivity index (χ0v) is 14.6. The van der Waals surface area contributed by atoms with Crippen LogP contribution in [0.25, 0.3) is 10.8 Å². The van der Waals surface area contributed by atoms with Gasteiger partial charge in [-0.3, -0.25) is 19.2 Å². The van der Waals surface area contributed by atoms with E-state index in [-0.39, 0.29) is 23.0 Å². The number of hydrogen-bond donors (Lipinski definition) is 0. The SMILES string of the molecule is CC(=O)Oc1c(OC(C)=O)c(OC(C)=O)c2ccccc2c1OC(C)=O. The smallest absolute Gasteiger partial charge is 0.308 e. The topological polar surface area (TPSA) is 105 Å². The van der Waals surface area contributed by atoms with Crippen molar-refractivity contribution in [2.75, 3.05) is 0 Å². The second-order valence-corrected chi connectivity index (χ2v) is 5.24. The molecule has 0 radical (unpaired) electrons. The molecule has 0 aromatic heterocycles. The minimum atomic E-state index is -0.754. The molecule has 0 saturated heterocycles. The number of esters is 4. The van der Waals surface area contributed by atoms with Crippen molar-refractivity contribution in [1.82, 2.24) is 0 Å². The summed E-state index contributed by atoms with van der Waals surface area (Å²) in [5.74, 6) is -3.80. The molecule has 0 unspecified atom stereocenters. The lowest BCUT2D eigenvalue weighted by atomic mass is 10.1. The van der Waals surface area contributed by atoms with Crippen LogP contribution >= 0.6 is 0 Å². The lowest BCUT2D eigenvalue weighted by Gasteiger charge is -2.19. The fourth-order valence-corrected chi connectivity index (χ4v) is 2.29. The summed E-state index contributed by atoms with van der Waals surface area (Å²) in [4.78, 5) is 46.2. The van der Waals surface area contributed by atoms with Crippen molar-refractivity contribution in [2.45, 2.75) is 27.7 Å². The first kappa shape index (κ1) is 18.9. The first-order valence-corrected chi connectivity index (χ1v) is 7.53. The third kappa shape index (κ3) is 4.15. The van der Waals surface area contributed by atoms with Gasteiger partial charge in [0.25, 0.3) is 0 Å². The van der Waals surface area contributed by atoms with Crippen molar-refractivity contribution in [3.05, 3.63) is 24.3 Å². The number of benzene rings is 2. The number of fused-ring (bicyclic) bond motifs is 1. The van der Waals surface area contributed by atoms with Crippen LogP contribution in [0.2, 0.25) is 0 Å². The van der Waals surface area contributed by atoms with Crippen LogP contribution in [0.1, 0.15) is 27.7 Å². The van der Waals surface area contributed by atoms with Crippen LogP contribution in [0.15, 0.2) is 24.3 Å². The van der Waals surface area contributed by atoms with Crippen LogP contribution in [0.4, 0.5) is 0 Å². The van der Waals surface area contributed by atoms with E-state index in [9.17, 15) is 19.2 Å². The molecule has 0 N–H and O–H groups in total. The molecule has 0 aliphatic heterocycles. The number of ether oxygens (including phenoxy) is 4. The van der Waals surface area contributed by atoms with Crippen molar-refractivity contribution in [3.8, 4) is 23.0 Å². The zero-order chi connectivity index (χ0) is 19.4. The van der Waals surface area contributed by atoms with Crippen molar-refractivity contribution >= 4 is 34.6 Å². The molecule has 2 aromatic rings. The monoisotopic (exact) mass is 360 g/mol. The molecule has 0 bridgehead atoms. The molecular weight excluding hydrogens is 344 g/mol. The second kappa shape index (κ2) is 7.64. The van der Waals surface area contributed by atoms with Gasteiger partial charge in [0.2, 0.25) is 11.5 Å². The Kier molecular flexibility index (Phi) is 5.56. The Balaban J connectivity index is 2.96. The molecule has 0 aliphatic rings. The minimum Gasteiger partial charge on any atom is -0.422 e. The van der Waals surface area contributed by atoms with Gasteiger partial charge in [-0.2, -0.15) is 0 Å². The molecule has 0 amide bonds. The number of rotatable bonds is 4. The van der Waals surface area contributed by atoms with E-state index in [1.54, 1.807) is 24.3 Å². The number of hydrogen-bond acceptors (Lipinski definition) is 8. The molecule has 0 fully saturated rings. The van der Waals surface area contributed by atoms with Gasteiger partial charge >= 0.3 is 23.9 Å². The summed E-state index contributed by atoms with van der Waals surface area (Å²) in [6.07, 6.45) is 0. The molecule has 8 nitrogen and oxygen atoms in total. The third-order valence-corrected chi connectivity index (χ3v) is 3.02. The van der Waals surface area contributed by atoms with E-state index in [4.69, 9.17) is 18.9 Å². The highest BCUT2D eigenvalue weighted by Gasteiger charge is 2.28. The summed E-state index contributed by atoms with van der Waals surface area (Å²) in [6.45, 7) is 4.57. The Morgan fingerprint density at radius 2 is 0.808 bits per heavy atom. The molecule has 26 heavy (non-hydrogen) atoms. The van der Waals surface area contributed by atoms with Crippen molar-refractivity contribution in [1.29, 1.82) is 0 Å². The van der Waals surface area contributed by atoms with Gasteiger partial charge in [0.15, 0.2) is 11.5 Å². The van der Waals surface area contributed by atoms with Gasteiger partial charge in [0.05, 0.1) is 0 Å². The highest BCUT2D eigenvalue weighted by molar-refractivity contribution is 6.02. The average Bonchev–Trinajstić information content (AvgIpc) is 2.52. The molecule has 8 heteroatoms. The molecule has 2 aromatic carbocycles. The molecule has 0 aliphatic carbocycles. The van der Waals surface area contributed by atoms with Crippen LogP contribution in [0, 0.1) is 0 Å². The van der Waals surface area contributed by atoms with Crippen LogP contribution in [-0.4, -0.2) is 23.9 Å². The fraction of sp³-hybridized carbons (Fsp3) is 0.222. The second-order valence-electron chi connectivity index (χ2n) is 5.24.